The second-order valence-corrected chi connectivity index (χ2v) is 12.5. The Kier molecular flexibility index (Phi) is 3.21. The Morgan fingerprint density at radius 3 is 2.48 bits per heavy atom. The van der Waals surface area contributed by atoms with E-state index in [0.29, 0.717) is 23.3 Å². The lowest BCUT2D eigenvalue weighted by atomic mass is 9.34. The maximum absolute atomic E-state index is 13.2. The molecule has 6 aliphatic rings. The highest BCUT2D eigenvalue weighted by molar-refractivity contribution is 5.88. The number of likely N-dealkylation sites (tertiary alicyclic amines) is 1. The number of imidazole rings is 1. The molecule has 1 spiro atoms. The molecule has 0 atom stereocenters. The van der Waals surface area contributed by atoms with Crippen molar-refractivity contribution in [1.29, 1.82) is 0 Å². The Bertz CT molecular complexity index is 1050. The van der Waals surface area contributed by atoms with Crippen molar-refractivity contribution >= 4 is 5.91 Å². The molecule has 1 aliphatic heterocycles. The Morgan fingerprint density at radius 1 is 1.16 bits per heavy atom. The third-order valence-electron chi connectivity index (χ3n) is 8.74. The largest absolute Gasteiger partial charge is 0.341 e. The molecule has 2 aromatic rings. The summed E-state index contributed by atoms with van der Waals surface area (Å²) >= 11 is 0. The van der Waals surface area contributed by atoms with Crippen molar-refractivity contribution in [2.45, 2.75) is 88.5 Å². The number of rotatable bonds is 4. The summed E-state index contributed by atoms with van der Waals surface area (Å²) in [6.07, 6.45) is 12.0. The van der Waals surface area contributed by atoms with Crippen LogP contribution in [0.15, 0.2) is 17.0 Å². The molecule has 1 saturated heterocycles. The number of carbonyl (C=O) groups excluding carboxylic acids is 1. The molecule has 164 valence electrons. The van der Waals surface area contributed by atoms with E-state index in [1.54, 1.807) is 0 Å². The highest BCUT2D eigenvalue weighted by atomic mass is 16.5. The van der Waals surface area contributed by atoms with Gasteiger partial charge >= 0.3 is 0 Å². The van der Waals surface area contributed by atoms with Gasteiger partial charge in [-0.05, 0) is 44.9 Å². The molecule has 3 heterocycles. The molecule has 8 rings (SSSR count). The van der Waals surface area contributed by atoms with Gasteiger partial charge in [-0.1, -0.05) is 25.9 Å². The molecular weight excluding hydrogens is 390 g/mol. The lowest BCUT2D eigenvalue weighted by Gasteiger charge is -2.70. The number of nitrogens with zero attached hydrogens (tertiary/aromatic N) is 5. The van der Waals surface area contributed by atoms with Crippen LogP contribution in [0.25, 0.3) is 0 Å². The van der Waals surface area contributed by atoms with Gasteiger partial charge < -0.3 is 14.0 Å². The van der Waals surface area contributed by atoms with Crippen LogP contribution in [0.2, 0.25) is 0 Å². The highest BCUT2D eigenvalue weighted by Crippen LogP contribution is 2.74. The minimum Gasteiger partial charge on any atom is -0.341 e. The van der Waals surface area contributed by atoms with Crippen LogP contribution in [0.5, 0.6) is 0 Å². The molecule has 0 aromatic carbocycles. The molecule has 6 fully saturated rings. The number of hydrogen-bond acceptors (Lipinski definition) is 5. The summed E-state index contributed by atoms with van der Waals surface area (Å²) in [6, 6.07) is 0.575. The second kappa shape index (κ2) is 5.41. The fourth-order valence-corrected chi connectivity index (χ4v) is 6.79. The molecule has 2 aromatic heterocycles. The zero-order valence-electron chi connectivity index (χ0n) is 18.7. The molecule has 7 nitrogen and oxygen atoms in total. The maximum atomic E-state index is 13.2. The van der Waals surface area contributed by atoms with Gasteiger partial charge in [0.2, 0.25) is 11.8 Å². The van der Waals surface area contributed by atoms with E-state index in [9.17, 15) is 4.79 Å². The number of aromatic nitrogens is 4. The first-order chi connectivity index (χ1) is 14.7. The lowest BCUT2D eigenvalue weighted by molar-refractivity contribution is -0.205. The van der Waals surface area contributed by atoms with Crippen molar-refractivity contribution < 1.29 is 9.32 Å². The monoisotopic (exact) mass is 421 g/mol. The van der Waals surface area contributed by atoms with Crippen molar-refractivity contribution in [3.63, 3.8) is 0 Å². The van der Waals surface area contributed by atoms with Crippen molar-refractivity contribution in [2.75, 3.05) is 13.1 Å². The van der Waals surface area contributed by atoms with E-state index >= 15 is 0 Å². The average molecular weight is 422 g/mol. The molecule has 2 bridgehead atoms. The Morgan fingerprint density at radius 2 is 1.87 bits per heavy atom. The standard InChI is InChI=1S/C24H31N5O2/c1-21(2,3)19-26-18(27-31-19)23-9-24(10-23,11-23)20(30)29-12-22(13-29)6-16(7-22)28-8-17(25-14-28)15-4-5-15/h8,14-16H,4-7,9-13H2,1-3H3. The first-order valence-corrected chi connectivity index (χ1v) is 11.9. The van der Waals surface area contributed by atoms with E-state index in [4.69, 9.17) is 4.52 Å². The molecule has 7 heteroatoms. The third-order valence-corrected chi connectivity index (χ3v) is 8.74. The summed E-state index contributed by atoms with van der Waals surface area (Å²) in [7, 11) is 0. The van der Waals surface area contributed by atoms with Gasteiger partial charge in [-0.2, -0.15) is 4.98 Å². The van der Waals surface area contributed by atoms with Crippen LogP contribution in [0, 0.1) is 10.8 Å². The van der Waals surface area contributed by atoms with Gasteiger partial charge in [0.25, 0.3) is 0 Å². The van der Waals surface area contributed by atoms with Crippen LogP contribution in [-0.4, -0.2) is 43.6 Å². The molecule has 1 amide bonds. The molecular formula is C24H31N5O2. The SMILES string of the molecule is CC(C)(C)c1nc(C23CC(C(=O)N4CC5(CC(n6cnc(C7CC7)c6)C5)C4)(C2)C3)no1. The van der Waals surface area contributed by atoms with Crippen LogP contribution in [0.4, 0.5) is 0 Å². The smallest absolute Gasteiger partial charge is 0.232 e. The van der Waals surface area contributed by atoms with E-state index in [-0.39, 0.29) is 16.2 Å². The van der Waals surface area contributed by atoms with Crippen LogP contribution in [0.3, 0.4) is 0 Å². The van der Waals surface area contributed by atoms with E-state index in [0.717, 1.165) is 44.1 Å². The van der Waals surface area contributed by atoms with Gasteiger partial charge in [0.1, 0.15) is 0 Å². The topological polar surface area (TPSA) is 77.1 Å². The molecule has 0 radical (unpaired) electrons. The summed E-state index contributed by atoms with van der Waals surface area (Å²) in [5.41, 5.74) is 1.36. The van der Waals surface area contributed by atoms with E-state index in [1.165, 1.54) is 31.4 Å². The number of amides is 1. The van der Waals surface area contributed by atoms with Gasteiger partial charge in [0.15, 0.2) is 5.82 Å². The molecule has 0 N–H and O–H groups in total. The molecule has 0 unspecified atom stereocenters. The average Bonchev–Trinajstić information content (AvgIpc) is 3.09. The Balaban J connectivity index is 0.941. The van der Waals surface area contributed by atoms with Crippen molar-refractivity contribution in [3.8, 4) is 0 Å². The van der Waals surface area contributed by atoms with E-state index in [2.05, 4.69) is 51.6 Å². The lowest BCUT2D eigenvalue weighted by Crippen LogP contribution is -2.74. The van der Waals surface area contributed by atoms with E-state index in [1.807, 2.05) is 6.33 Å². The fourth-order valence-electron chi connectivity index (χ4n) is 6.79. The van der Waals surface area contributed by atoms with Gasteiger partial charge in [0.05, 0.1) is 17.4 Å². The van der Waals surface area contributed by atoms with Crippen molar-refractivity contribution in [2.24, 2.45) is 10.8 Å². The van der Waals surface area contributed by atoms with Gasteiger partial charge in [-0.25, -0.2) is 4.98 Å². The zero-order chi connectivity index (χ0) is 21.2. The fraction of sp³-hybridized carbons (Fsp3) is 0.750. The van der Waals surface area contributed by atoms with Crippen LogP contribution >= 0.6 is 0 Å². The normalized spacial score (nSPS) is 33.5. The second-order valence-electron chi connectivity index (χ2n) is 12.5. The number of hydrogen-bond donors (Lipinski definition) is 0. The zero-order valence-corrected chi connectivity index (χ0v) is 18.7. The minimum atomic E-state index is -0.142. The van der Waals surface area contributed by atoms with Gasteiger partial charge in [0, 0.05) is 47.5 Å². The predicted octanol–water partition coefficient (Wildman–Crippen LogP) is 3.73. The minimum absolute atomic E-state index is 0.00648. The van der Waals surface area contributed by atoms with Gasteiger partial charge in [-0.3, -0.25) is 4.79 Å². The maximum Gasteiger partial charge on any atom is 0.232 e. The predicted molar refractivity (Wildman–Crippen MR) is 112 cm³/mol. The van der Waals surface area contributed by atoms with Crippen LogP contribution in [-0.2, 0) is 15.6 Å². The van der Waals surface area contributed by atoms with Crippen molar-refractivity contribution in [3.05, 3.63) is 29.9 Å². The summed E-state index contributed by atoms with van der Waals surface area (Å²) < 4.78 is 7.82. The van der Waals surface area contributed by atoms with Crippen molar-refractivity contribution in [1.82, 2.24) is 24.6 Å². The quantitative estimate of drug-likeness (QED) is 0.752. The first-order valence-electron chi connectivity index (χ1n) is 11.9. The molecule has 31 heavy (non-hydrogen) atoms. The summed E-state index contributed by atoms with van der Waals surface area (Å²) in [4.78, 5) is 24.6. The number of carbonyl (C=O) groups is 1. The summed E-state index contributed by atoms with van der Waals surface area (Å²) in [5, 5.41) is 4.26. The highest BCUT2D eigenvalue weighted by Gasteiger charge is 2.75. The van der Waals surface area contributed by atoms with Crippen LogP contribution < -0.4 is 0 Å². The van der Waals surface area contributed by atoms with E-state index < -0.39 is 0 Å². The third kappa shape index (κ3) is 2.46. The summed E-state index contributed by atoms with van der Waals surface area (Å²) in [5.74, 6) is 2.61. The van der Waals surface area contributed by atoms with Crippen LogP contribution in [0.1, 0.15) is 95.1 Å². The Labute approximate surface area is 182 Å². The Hall–Kier alpha value is -2.18. The van der Waals surface area contributed by atoms with Gasteiger partial charge in [-0.15, -0.1) is 0 Å². The summed E-state index contributed by atoms with van der Waals surface area (Å²) in [6.45, 7) is 8.14. The first kappa shape index (κ1) is 18.4. The molecule has 5 aliphatic carbocycles. The molecule has 5 saturated carbocycles.